The molecule has 3 rings (SSSR count). The molecule has 22 heavy (non-hydrogen) atoms. The van der Waals surface area contributed by atoms with Crippen molar-refractivity contribution >= 4 is 44.5 Å². The summed E-state index contributed by atoms with van der Waals surface area (Å²) in [6.45, 7) is 0.365. The van der Waals surface area contributed by atoms with Crippen molar-refractivity contribution in [3.8, 4) is 9.88 Å². The second-order valence-corrected chi connectivity index (χ2v) is 7.27. The lowest BCUT2D eigenvalue weighted by molar-refractivity contribution is -0.120. The number of hydrogen-bond donors (Lipinski definition) is 1. The van der Waals surface area contributed by atoms with E-state index in [1.807, 2.05) is 23.9 Å². The van der Waals surface area contributed by atoms with Gasteiger partial charge in [0, 0.05) is 22.3 Å². The van der Waals surface area contributed by atoms with Crippen LogP contribution in [0.4, 0.5) is 0 Å². The summed E-state index contributed by atoms with van der Waals surface area (Å²) < 4.78 is 2.82. The number of thiazole rings is 1. The summed E-state index contributed by atoms with van der Waals surface area (Å²) in [5, 5.41) is 15.4. The molecule has 0 aliphatic rings. The number of carbonyl (C=O) groups excluding carboxylic acids is 1. The van der Waals surface area contributed by atoms with Crippen LogP contribution in [-0.4, -0.2) is 25.7 Å². The van der Waals surface area contributed by atoms with E-state index < -0.39 is 0 Å². The topological polar surface area (TPSA) is 72.7 Å². The second kappa shape index (κ2) is 6.67. The van der Waals surface area contributed by atoms with Crippen LogP contribution in [0.2, 0.25) is 0 Å². The van der Waals surface area contributed by atoms with E-state index in [-0.39, 0.29) is 12.3 Å². The van der Waals surface area contributed by atoms with Gasteiger partial charge in [-0.3, -0.25) is 4.79 Å². The Kier molecular flexibility index (Phi) is 4.65. The van der Waals surface area contributed by atoms with Crippen molar-refractivity contribution in [3.05, 3.63) is 39.1 Å². The Bertz CT molecular complexity index is 794. The normalized spacial score (nSPS) is 10.8. The third-order valence-electron chi connectivity index (χ3n) is 2.92. The van der Waals surface area contributed by atoms with Gasteiger partial charge in [0.1, 0.15) is 11.3 Å². The van der Waals surface area contributed by atoms with Crippen molar-refractivity contribution in [1.82, 2.24) is 25.1 Å². The van der Waals surface area contributed by atoms with E-state index in [0.717, 1.165) is 25.9 Å². The Morgan fingerprint density at radius 1 is 1.41 bits per heavy atom. The molecule has 1 amide bonds. The highest BCUT2D eigenvalue weighted by Crippen LogP contribution is 2.31. The zero-order chi connectivity index (χ0) is 15.5. The number of rotatable bonds is 5. The number of amides is 1. The van der Waals surface area contributed by atoms with Crippen LogP contribution in [0.3, 0.4) is 0 Å². The van der Waals surface area contributed by atoms with Crippen molar-refractivity contribution in [2.75, 3.05) is 0 Å². The summed E-state index contributed by atoms with van der Waals surface area (Å²) in [6, 6.07) is 2.03. The molecule has 114 valence electrons. The molecule has 6 nitrogen and oxygen atoms in total. The number of halogens is 1. The lowest BCUT2D eigenvalue weighted by atomic mass is 10.3. The van der Waals surface area contributed by atoms with E-state index in [0.29, 0.717) is 6.54 Å². The second-order valence-electron chi connectivity index (χ2n) is 4.58. The summed E-state index contributed by atoms with van der Waals surface area (Å²) in [6.07, 6.45) is 1.87. The first-order valence-corrected chi connectivity index (χ1v) is 8.95. The van der Waals surface area contributed by atoms with Crippen LogP contribution >= 0.6 is 38.6 Å². The van der Waals surface area contributed by atoms with Crippen LogP contribution in [0.1, 0.15) is 11.5 Å². The molecule has 0 unspecified atom stereocenters. The van der Waals surface area contributed by atoms with Crippen molar-refractivity contribution in [2.45, 2.75) is 13.0 Å². The first-order valence-electron chi connectivity index (χ1n) is 6.40. The summed E-state index contributed by atoms with van der Waals surface area (Å²) in [5.74, 6) is 0.642. The first-order chi connectivity index (χ1) is 10.6. The van der Waals surface area contributed by atoms with E-state index in [1.54, 1.807) is 33.6 Å². The standard InChI is InChI=1S/C13H12BrN5OS2/c1-19-7-16-18-11(19)4-15-12(20)3-9-6-22-13(17-9)10-2-8(14)5-21-10/h2,5-7H,3-4H2,1H3,(H,15,20). The fourth-order valence-corrected chi connectivity index (χ4v) is 4.13. The molecule has 0 saturated heterocycles. The molecule has 0 spiro atoms. The molecule has 9 heteroatoms. The minimum atomic E-state index is -0.0767. The van der Waals surface area contributed by atoms with E-state index in [9.17, 15) is 4.79 Å². The van der Waals surface area contributed by atoms with Gasteiger partial charge in [-0.2, -0.15) is 0 Å². The number of aromatic nitrogens is 4. The average Bonchev–Trinajstić information content (AvgIpc) is 3.18. The van der Waals surface area contributed by atoms with Crippen molar-refractivity contribution in [1.29, 1.82) is 0 Å². The molecule has 0 aliphatic heterocycles. The number of nitrogens with zero attached hydrogens (tertiary/aromatic N) is 4. The number of aryl methyl sites for hydroxylation is 1. The largest absolute Gasteiger partial charge is 0.348 e. The lowest BCUT2D eigenvalue weighted by Crippen LogP contribution is -2.26. The number of carbonyl (C=O) groups is 1. The van der Waals surface area contributed by atoms with Crippen LogP contribution in [0, 0.1) is 0 Å². The Hall–Kier alpha value is -1.58. The van der Waals surface area contributed by atoms with E-state index in [4.69, 9.17) is 0 Å². The van der Waals surface area contributed by atoms with Crippen molar-refractivity contribution in [3.63, 3.8) is 0 Å². The number of thiophene rings is 1. The van der Waals surface area contributed by atoms with Gasteiger partial charge in [0.2, 0.25) is 5.91 Å². The smallest absolute Gasteiger partial charge is 0.226 e. The van der Waals surface area contributed by atoms with E-state index >= 15 is 0 Å². The van der Waals surface area contributed by atoms with Gasteiger partial charge in [0.05, 0.1) is 23.5 Å². The zero-order valence-corrected chi connectivity index (χ0v) is 14.8. The average molecular weight is 398 g/mol. The van der Waals surface area contributed by atoms with Crippen molar-refractivity contribution < 1.29 is 4.79 Å². The summed E-state index contributed by atoms with van der Waals surface area (Å²) >= 11 is 6.61. The minimum absolute atomic E-state index is 0.0767. The maximum atomic E-state index is 12.0. The first kappa shape index (κ1) is 15.3. The summed E-state index contributed by atoms with van der Waals surface area (Å²) in [4.78, 5) is 17.6. The van der Waals surface area contributed by atoms with Crippen LogP contribution in [0.5, 0.6) is 0 Å². The van der Waals surface area contributed by atoms with Gasteiger partial charge in [-0.15, -0.1) is 32.9 Å². The Morgan fingerprint density at radius 3 is 2.95 bits per heavy atom. The van der Waals surface area contributed by atoms with Gasteiger partial charge in [0.25, 0.3) is 0 Å². The summed E-state index contributed by atoms with van der Waals surface area (Å²) in [5.41, 5.74) is 0.778. The predicted octanol–water partition coefficient (Wildman–Crippen LogP) is 2.62. The molecule has 0 saturated carbocycles. The molecule has 3 aromatic heterocycles. The molecular formula is C13H12BrN5OS2. The SMILES string of the molecule is Cn1cnnc1CNC(=O)Cc1csc(-c2cc(Br)cs2)n1. The van der Waals surface area contributed by atoms with Crippen LogP contribution < -0.4 is 5.32 Å². The monoisotopic (exact) mass is 397 g/mol. The lowest BCUT2D eigenvalue weighted by Gasteiger charge is -2.03. The van der Waals surface area contributed by atoms with Gasteiger partial charge in [-0.1, -0.05) is 0 Å². The predicted molar refractivity (Wildman–Crippen MR) is 89.7 cm³/mol. The highest BCUT2D eigenvalue weighted by Gasteiger charge is 2.11. The van der Waals surface area contributed by atoms with Gasteiger partial charge < -0.3 is 9.88 Å². The number of nitrogens with one attached hydrogen (secondary N) is 1. The maximum absolute atomic E-state index is 12.0. The molecule has 0 fully saturated rings. The molecule has 0 bridgehead atoms. The van der Waals surface area contributed by atoms with Gasteiger partial charge >= 0.3 is 0 Å². The van der Waals surface area contributed by atoms with Crippen molar-refractivity contribution in [2.24, 2.45) is 7.05 Å². The van der Waals surface area contributed by atoms with Gasteiger partial charge in [-0.05, 0) is 22.0 Å². The van der Waals surface area contributed by atoms with E-state index in [1.165, 1.54) is 0 Å². The van der Waals surface area contributed by atoms with Crippen LogP contribution in [0.15, 0.2) is 27.6 Å². The molecule has 0 atom stereocenters. The van der Waals surface area contributed by atoms with Crippen LogP contribution in [0.25, 0.3) is 9.88 Å². The third-order valence-corrected chi connectivity index (χ3v) is 5.67. The Balaban J connectivity index is 1.58. The molecule has 0 radical (unpaired) electrons. The molecule has 3 heterocycles. The zero-order valence-electron chi connectivity index (χ0n) is 11.6. The third kappa shape index (κ3) is 3.60. The maximum Gasteiger partial charge on any atom is 0.226 e. The molecule has 3 aromatic rings. The van der Waals surface area contributed by atoms with Gasteiger partial charge in [-0.25, -0.2) is 4.98 Å². The quantitative estimate of drug-likeness (QED) is 0.717. The minimum Gasteiger partial charge on any atom is -0.348 e. The fraction of sp³-hybridized carbons (Fsp3) is 0.231. The highest BCUT2D eigenvalue weighted by atomic mass is 79.9. The Labute approximate surface area is 143 Å². The molecule has 0 aliphatic carbocycles. The highest BCUT2D eigenvalue weighted by molar-refractivity contribution is 9.10. The number of hydrogen-bond acceptors (Lipinski definition) is 6. The Morgan fingerprint density at radius 2 is 2.27 bits per heavy atom. The van der Waals surface area contributed by atoms with Crippen LogP contribution in [-0.2, 0) is 24.8 Å². The van der Waals surface area contributed by atoms with Gasteiger partial charge in [0.15, 0.2) is 5.82 Å². The molecule has 0 aromatic carbocycles. The molecular weight excluding hydrogens is 386 g/mol. The fourth-order valence-electron chi connectivity index (χ4n) is 1.80. The van der Waals surface area contributed by atoms with E-state index in [2.05, 4.69) is 36.4 Å². The summed E-state index contributed by atoms with van der Waals surface area (Å²) in [7, 11) is 1.84. The molecule has 1 N–H and O–H groups in total.